The van der Waals surface area contributed by atoms with Crippen LogP contribution in [0.1, 0.15) is 51.8 Å². The van der Waals surface area contributed by atoms with Crippen LogP contribution in [0, 0.1) is 5.92 Å². The SMILES string of the molecule is CC(C)CC1(c2nnc(N)n2N)CCCC1. The molecule has 1 aliphatic carbocycles. The van der Waals surface area contributed by atoms with Crippen LogP contribution in [0.5, 0.6) is 0 Å². The molecule has 5 nitrogen and oxygen atoms in total. The predicted molar refractivity (Wildman–Crippen MR) is 64.2 cm³/mol. The summed E-state index contributed by atoms with van der Waals surface area (Å²) in [5, 5.41) is 8.06. The molecule has 90 valence electrons. The lowest BCUT2D eigenvalue weighted by Crippen LogP contribution is -2.31. The van der Waals surface area contributed by atoms with Crippen molar-refractivity contribution in [3.8, 4) is 0 Å². The third kappa shape index (κ3) is 1.74. The summed E-state index contributed by atoms with van der Waals surface area (Å²) in [5.41, 5.74) is 5.77. The number of anilines is 1. The van der Waals surface area contributed by atoms with Crippen molar-refractivity contribution in [3.05, 3.63) is 5.82 Å². The monoisotopic (exact) mass is 223 g/mol. The van der Waals surface area contributed by atoms with E-state index in [0.717, 1.165) is 25.1 Å². The average Bonchev–Trinajstić information content (AvgIpc) is 2.76. The molecule has 16 heavy (non-hydrogen) atoms. The lowest BCUT2D eigenvalue weighted by Gasteiger charge is -2.29. The van der Waals surface area contributed by atoms with Crippen molar-refractivity contribution in [3.63, 3.8) is 0 Å². The van der Waals surface area contributed by atoms with Gasteiger partial charge in [-0.25, -0.2) is 4.68 Å². The van der Waals surface area contributed by atoms with Crippen LogP contribution in [-0.2, 0) is 5.41 Å². The Morgan fingerprint density at radius 3 is 2.38 bits per heavy atom. The summed E-state index contributed by atoms with van der Waals surface area (Å²) in [4.78, 5) is 0. The Labute approximate surface area is 96.2 Å². The fourth-order valence-corrected chi connectivity index (χ4v) is 3.02. The van der Waals surface area contributed by atoms with Gasteiger partial charge in [0.25, 0.3) is 0 Å². The number of nitrogens with two attached hydrogens (primary N) is 2. The van der Waals surface area contributed by atoms with Crippen molar-refractivity contribution in [2.45, 2.75) is 51.4 Å². The first-order valence-corrected chi connectivity index (χ1v) is 6.01. The van der Waals surface area contributed by atoms with Gasteiger partial charge in [-0.2, -0.15) is 0 Å². The maximum Gasteiger partial charge on any atom is 0.240 e. The van der Waals surface area contributed by atoms with Crippen molar-refractivity contribution in [2.75, 3.05) is 11.6 Å². The van der Waals surface area contributed by atoms with Crippen LogP contribution in [0.3, 0.4) is 0 Å². The molecule has 0 aromatic carbocycles. The molecule has 0 bridgehead atoms. The molecule has 1 aliphatic rings. The normalized spacial score (nSPS) is 19.4. The minimum atomic E-state index is 0.105. The molecule has 0 unspecified atom stereocenters. The van der Waals surface area contributed by atoms with Gasteiger partial charge in [0.15, 0.2) is 5.82 Å². The highest BCUT2D eigenvalue weighted by Gasteiger charge is 2.40. The summed E-state index contributed by atoms with van der Waals surface area (Å²) in [5.74, 6) is 7.73. The van der Waals surface area contributed by atoms with Gasteiger partial charge in [-0.3, -0.25) is 0 Å². The van der Waals surface area contributed by atoms with E-state index in [1.165, 1.54) is 17.5 Å². The van der Waals surface area contributed by atoms with Gasteiger partial charge in [-0.05, 0) is 25.2 Å². The highest BCUT2D eigenvalue weighted by Crippen LogP contribution is 2.44. The Hall–Kier alpha value is -1.26. The van der Waals surface area contributed by atoms with Gasteiger partial charge >= 0.3 is 0 Å². The summed E-state index contributed by atoms with van der Waals surface area (Å²) in [7, 11) is 0. The molecule has 0 radical (unpaired) electrons. The zero-order valence-electron chi connectivity index (χ0n) is 10.1. The molecular formula is C11H21N5. The molecule has 1 heterocycles. The lowest BCUT2D eigenvalue weighted by molar-refractivity contribution is 0.323. The van der Waals surface area contributed by atoms with E-state index in [2.05, 4.69) is 24.0 Å². The van der Waals surface area contributed by atoms with Crippen LogP contribution in [0.25, 0.3) is 0 Å². The zero-order valence-corrected chi connectivity index (χ0v) is 10.1. The number of nitrogens with zero attached hydrogens (tertiary/aromatic N) is 3. The molecule has 1 aromatic heterocycles. The molecule has 0 atom stereocenters. The van der Waals surface area contributed by atoms with Crippen molar-refractivity contribution in [1.82, 2.24) is 14.9 Å². The van der Waals surface area contributed by atoms with Crippen molar-refractivity contribution in [2.24, 2.45) is 5.92 Å². The van der Waals surface area contributed by atoms with Crippen LogP contribution in [0.15, 0.2) is 0 Å². The van der Waals surface area contributed by atoms with Gasteiger partial charge in [-0.1, -0.05) is 26.7 Å². The molecule has 2 rings (SSSR count). The van der Waals surface area contributed by atoms with E-state index >= 15 is 0 Å². The van der Waals surface area contributed by atoms with Gasteiger partial charge in [-0.15, -0.1) is 10.2 Å². The Kier molecular flexibility index (Phi) is 2.78. The first kappa shape index (κ1) is 11.2. The number of rotatable bonds is 3. The van der Waals surface area contributed by atoms with Crippen LogP contribution in [0.2, 0.25) is 0 Å². The molecule has 1 aromatic rings. The summed E-state index contributed by atoms with van der Waals surface area (Å²) >= 11 is 0. The predicted octanol–water partition coefficient (Wildman–Crippen LogP) is 1.43. The third-order valence-corrected chi connectivity index (χ3v) is 3.56. The second kappa shape index (κ2) is 3.96. The maximum atomic E-state index is 5.91. The van der Waals surface area contributed by atoms with Crippen molar-refractivity contribution < 1.29 is 0 Å². The minimum Gasteiger partial charge on any atom is -0.366 e. The maximum absolute atomic E-state index is 5.91. The molecule has 0 aliphatic heterocycles. The van der Waals surface area contributed by atoms with E-state index in [9.17, 15) is 0 Å². The van der Waals surface area contributed by atoms with Gasteiger partial charge in [0.2, 0.25) is 5.95 Å². The Bertz CT molecular complexity index is 362. The summed E-state index contributed by atoms with van der Waals surface area (Å²) in [6, 6.07) is 0. The molecule has 1 saturated carbocycles. The number of aromatic nitrogens is 3. The zero-order chi connectivity index (χ0) is 11.8. The van der Waals surface area contributed by atoms with E-state index in [1.54, 1.807) is 0 Å². The third-order valence-electron chi connectivity index (χ3n) is 3.56. The topological polar surface area (TPSA) is 82.8 Å². The smallest absolute Gasteiger partial charge is 0.240 e. The van der Waals surface area contributed by atoms with E-state index in [-0.39, 0.29) is 5.41 Å². The van der Waals surface area contributed by atoms with E-state index < -0.39 is 0 Å². The Morgan fingerprint density at radius 1 is 1.31 bits per heavy atom. The summed E-state index contributed by atoms with van der Waals surface area (Å²) < 4.78 is 1.47. The Balaban J connectivity index is 2.35. The summed E-state index contributed by atoms with van der Waals surface area (Å²) in [6.45, 7) is 4.47. The quantitative estimate of drug-likeness (QED) is 0.759. The fraction of sp³-hybridized carbons (Fsp3) is 0.818. The van der Waals surface area contributed by atoms with Gasteiger partial charge in [0.05, 0.1) is 0 Å². The molecule has 0 saturated heterocycles. The van der Waals surface area contributed by atoms with Gasteiger partial charge in [0.1, 0.15) is 0 Å². The molecule has 0 spiro atoms. The highest BCUT2D eigenvalue weighted by atomic mass is 15.4. The van der Waals surface area contributed by atoms with Crippen LogP contribution < -0.4 is 11.6 Å². The lowest BCUT2D eigenvalue weighted by atomic mass is 9.78. The molecular weight excluding hydrogens is 202 g/mol. The van der Waals surface area contributed by atoms with Gasteiger partial charge < -0.3 is 11.6 Å². The van der Waals surface area contributed by atoms with E-state index in [1.807, 2.05) is 0 Å². The summed E-state index contributed by atoms with van der Waals surface area (Å²) in [6.07, 6.45) is 5.92. The van der Waals surface area contributed by atoms with Crippen LogP contribution >= 0.6 is 0 Å². The minimum absolute atomic E-state index is 0.105. The second-order valence-electron chi connectivity index (χ2n) is 5.34. The molecule has 1 fully saturated rings. The number of hydrogen-bond acceptors (Lipinski definition) is 4. The van der Waals surface area contributed by atoms with Crippen molar-refractivity contribution in [1.29, 1.82) is 0 Å². The fourth-order valence-electron chi connectivity index (χ4n) is 3.02. The van der Waals surface area contributed by atoms with Crippen LogP contribution in [-0.4, -0.2) is 14.9 Å². The number of nitrogen functional groups attached to an aromatic ring is 2. The molecule has 0 amide bonds. The highest BCUT2D eigenvalue weighted by molar-refractivity contribution is 5.23. The van der Waals surface area contributed by atoms with Crippen LogP contribution in [0.4, 0.5) is 5.95 Å². The van der Waals surface area contributed by atoms with E-state index in [0.29, 0.717) is 11.9 Å². The van der Waals surface area contributed by atoms with E-state index in [4.69, 9.17) is 11.6 Å². The Morgan fingerprint density at radius 2 is 1.94 bits per heavy atom. The van der Waals surface area contributed by atoms with Crippen molar-refractivity contribution >= 4 is 5.95 Å². The van der Waals surface area contributed by atoms with Gasteiger partial charge in [0, 0.05) is 5.41 Å². The molecule has 5 heteroatoms. The molecule has 4 N–H and O–H groups in total. The second-order valence-corrected chi connectivity index (χ2v) is 5.34. The number of hydrogen-bond donors (Lipinski definition) is 2. The average molecular weight is 223 g/mol. The first-order chi connectivity index (χ1) is 7.55. The first-order valence-electron chi connectivity index (χ1n) is 6.01. The largest absolute Gasteiger partial charge is 0.366 e. The standard InChI is InChI=1S/C11H21N5/c1-8(2)7-11(5-3-4-6-11)9-14-15-10(12)16(9)13/h8H,3-7,13H2,1-2H3,(H2,12,15).